The maximum Gasteiger partial charge on any atom is 0.170 e. The lowest BCUT2D eigenvalue weighted by Gasteiger charge is -2.14. The Morgan fingerprint density at radius 3 is 2.88 bits per heavy atom. The van der Waals surface area contributed by atoms with Gasteiger partial charge in [0, 0.05) is 19.1 Å². The minimum Gasteiger partial charge on any atom is -0.394 e. The van der Waals surface area contributed by atoms with Gasteiger partial charge in [0.2, 0.25) is 0 Å². The standard InChI is InChI=1S/C10H16N6O/c11-5-8-9(13)16(3-4-17)14-10(8)15-2-1-7(12)6-15/h7,17H,1-4,6,12-13H2. The van der Waals surface area contributed by atoms with Crippen LogP contribution >= 0.6 is 0 Å². The maximum absolute atomic E-state index is 9.10. The summed E-state index contributed by atoms with van der Waals surface area (Å²) in [6.07, 6.45) is 0.887. The smallest absolute Gasteiger partial charge is 0.170 e. The highest BCUT2D eigenvalue weighted by atomic mass is 16.3. The number of nitriles is 1. The molecule has 0 radical (unpaired) electrons. The normalized spacial score (nSPS) is 19.6. The first-order valence-electron chi connectivity index (χ1n) is 5.55. The first-order valence-corrected chi connectivity index (χ1v) is 5.55. The largest absolute Gasteiger partial charge is 0.394 e. The molecule has 7 heteroatoms. The van der Waals surface area contributed by atoms with E-state index in [-0.39, 0.29) is 12.6 Å². The Balaban J connectivity index is 2.33. The highest BCUT2D eigenvalue weighted by molar-refractivity contribution is 5.65. The van der Waals surface area contributed by atoms with E-state index in [0.717, 1.165) is 13.0 Å². The number of hydrogen-bond donors (Lipinski definition) is 3. The van der Waals surface area contributed by atoms with Crippen LogP contribution in [-0.4, -0.2) is 40.6 Å². The molecule has 1 aromatic heterocycles. The lowest BCUT2D eigenvalue weighted by Crippen LogP contribution is -2.27. The van der Waals surface area contributed by atoms with Crippen molar-refractivity contribution in [1.82, 2.24) is 9.78 Å². The topological polar surface area (TPSA) is 117 Å². The van der Waals surface area contributed by atoms with Crippen molar-refractivity contribution in [3.8, 4) is 6.07 Å². The minimum absolute atomic E-state index is 0.0598. The number of hydrogen-bond acceptors (Lipinski definition) is 6. The van der Waals surface area contributed by atoms with Crippen molar-refractivity contribution in [2.45, 2.75) is 19.0 Å². The zero-order valence-electron chi connectivity index (χ0n) is 9.50. The molecule has 92 valence electrons. The molecule has 1 aromatic rings. The van der Waals surface area contributed by atoms with Gasteiger partial charge in [-0.15, -0.1) is 0 Å². The quantitative estimate of drug-likeness (QED) is 0.611. The van der Waals surface area contributed by atoms with E-state index in [2.05, 4.69) is 11.2 Å². The number of nitrogen functional groups attached to an aromatic ring is 1. The predicted octanol–water partition coefficient (Wildman–Crippen LogP) is -1.13. The molecule has 2 heterocycles. The Morgan fingerprint density at radius 1 is 1.59 bits per heavy atom. The van der Waals surface area contributed by atoms with E-state index in [1.165, 1.54) is 4.68 Å². The molecule has 5 N–H and O–H groups in total. The Hall–Kier alpha value is -1.78. The summed E-state index contributed by atoms with van der Waals surface area (Å²) in [7, 11) is 0. The molecule has 17 heavy (non-hydrogen) atoms. The zero-order chi connectivity index (χ0) is 12.4. The van der Waals surface area contributed by atoms with Crippen LogP contribution in [0.4, 0.5) is 11.6 Å². The molecule has 1 fully saturated rings. The van der Waals surface area contributed by atoms with Gasteiger partial charge in [0.1, 0.15) is 17.5 Å². The second-order valence-corrected chi connectivity index (χ2v) is 4.14. The maximum atomic E-state index is 9.10. The van der Waals surface area contributed by atoms with Crippen LogP contribution in [0.1, 0.15) is 12.0 Å². The molecular formula is C10H16N6O. The number of nitrogens with two attached hydrogens (primary N) is 2. The van der Waals surface area contributed by atoms with Gasteiger partial charge in [0.15, 0.2) is 5.82 Å². The van der Waals surface area contributed by atoms with Gasteiger partial charge in [0.25, 0.3) is 0 Å². The number of aromatic nitrogens is 2. The van der Waals surface area contributed by atoms with Crippen LogP contribution in [-0.2, 0) is 6.54 Å². The van der Waals surface area contributed by atoms with Crippen LogP contribution in [0.5, 0.6) is 0 Å². The fourth-order valence-corrected chi connectivity index (χ4v) is 2.04. The third-order valence-electron chi connectivity index (χ3n) is 2.92. The van der Waals surface area contributed by atoms with Crippen LogP contribution in [0, 0.1) is 11.3 Å². The molecule has 1 unspecified atom stereocenters. The molecule has 0 spiro atoms. The van der Waals surface area contributed by atoms with Gasteiger partial charge in [-0.05, 0) is 6.42 Å². The molecule has 7 nitrogen and oxygen atoms in total. The highest BCUT2D eigenvalue weighted by Crippen LogP contribution is 2.26. The van der Waals surface area contributed by atoms with Crippen molar-refractivity contribution < 1.29 is 5.11 Å². The fraction of sp³-hybridized carbons (Fsp3) is 0.600. The molecule has 1 saturated heterocycles. The summed E-state index contributed by atoms with van der Waals surface area (Å²) in [5, 5.41) is 22.3. The van der Waals surface area contributed by atoms with Gasteiger partial charge < -0.3 is 21.5 Å². The molecular weight excluding hydrogens is 220 g/mol. The number of aliphatic hydroxyl groups is 1. The average Bonchev–Trinajstić information content (AvgIpc) is 2.85. The van der Waals surface area contributed by atoms with Gasteiger partial charge in [-0.25, -0.2) is 4.68 Å². The molecule has 0 amide bonds. The number of nitrogens with zero attached hydrogens (tertiary/aromatic N) is 4. The summed E-state index contributed by atoms with van der Waals surface area (Å²) in [5.41, 5.74) is 12.0. The summed E-state index contributed by atoms with van der Waals surface area (Å²) in [6.45, 7) is 1.70. The number of anilines is 2. The van der Waals surface area contributed by atoms with Crippen LogP contribution in [0.3, 0.4) is 0 Å². The fourth-order valence-electron chi connectivity index (χ4n) is 2.04. The Kier molecular flexibility index (Phi) is 3.17. The van der Waals surface area contributed by atoms with Crippen LogP contribution in [0.25, 0.3) is 0 Å². The van der Waals surface area contributed by atoms with Gasteiger partial charge >= 0.3 is 0 Å². The lowest BCUT2D eigenvalue weighted by atomic mass is 10.3. The van der Waals surface area contributed by atoms with Crippen molar-refractivity contribution in [3.63, 3.8) is 0 Å². The van der Waals surface area contributed by atoms with Crippen LogP contribution in [0.15, 0.2) is 0 Å². The van der Waals surface area contributed by atoms with Crippen molar-refractivity contribution >= 4 is 11.6 Å². The van der Waals surface area contributed by atoms with E-state index in [1.54, 1.807) is 0 Å². The average molecular weight is 236 g/mol. The second-order valence-electron chi connectivity index (χ2n) is 4.14. The third-order valence-corrected chi connectivity index (χ3v) is 2.92. The Bertz CT molecular complexity index is 448. The summed E-state index contributed by atoms with van der Waals surface area (Å²) in [6, 6.07) is 2.18. The monoisotopic (exact) mass is 236 g/mol. The molecule has 1 atom stereocenters. The van der Waals surface area contributed by atoms with Crippen LogP contribution in [0.2, 0.25) is 0 Å². The zero-order valence-corrected chi connectivity index (χ0v) is 9.50. The van der Waals surface area contributed by atoms with Gasteiger partial charge in [0.05, 0.1) is 13.2 Å². The van der Waals surface area contributed by atoms with Crippen molar-refractivity contribution in [3.05, 3.63) is 5.56 Å². The van der Waals surface area contributed by atoms with Crippen molar-refractivity contribution in [1.29, 1.82) is 5.26 Å². The van der Waals surface area contributed by atoms with E-state index in [9.17, 15) is 0 Å². The molecule has 1 aliphatic rings. The van der Waals surface area contributed by atoms with E-state index >= 15 is 0 Å². The van der Waals surface area contributed by atoms with Crippen molar-refractivity contribution in [2.24, 2.45) is 5.73 Å². The molecule has 0 bridgehead atoms. The first-order chi connectivity index (χ1) is 8.17. The molecule has 0 aromatic carbocycles. The molecule has 1 aliphatic heterocycles. The Labute approximate surface area is 99.2 Å². The predicted molar refractivity (Wildman–Crippen MR) is 63.2 cm³/mol. The van der Waals surface area contributed by atoms with Gasteiger partial charge in [-0.1, -0.05) is 0 Å². The van der Waals surface area contributed by atoms with E-state index < -0.39 is 0 Å². The summed E-state index contributed by atoms with van der Waals surface area (Å²) in [5.74, 6) is 0.878. The van der Waals surface area contributed by atoms with E-state index in [0.29, 0.717) is 30.3 Å². The Morgan fingerprint density at radius 2 is 2.35 bits per heavy atom. The van der Waals surface area contributed by atoms with Crippen LogP contribution < -0.4 is 16.4 Å². The summed E-state index contributed by atoms with van der Waals surface area (Å²) >= 11 is 0. The number of rotatable bonds is 3. The van der Waals surface area contributed by atoms with E-state index in [4.69, 9.17) is 21.8 Å². The SMILES string of the molecule is N#Cc1c(N2CCC(N)C2)nn(CCO)c1N. The minimum atomic E-state index is -0.0598. The molecule has 0 aliphatic carbocycles. The highest BCUT2D eigenvalue weighted by Gasteiger charge is 2.26. The summed E-state index contributed by atoms with van der Waals surface area (Å²) in [4.78, 5) is 1.97. The van der Waals surface area contributed by atoms with Crippen molar-refractivity contribution in [2.75, 3.05) is 30.3 Å². The molecule has 0 saturated carbocycles. The first kappa shape index (κ1) is 11.7. The number of aliphatic hydroxyl groups excluding tert-OH is 1. The van der Waals surface area contributed by atoms with E-state index in [1.807, 2.05) is 4.90 Å². The lowest BCUT2D eigenvalue weighted by molar-refractivity contribution is 0.270. The molecule has 2 rings (SSSR count). The third kappa shape index (κ3) is 2.05. The second kappa shape index (κ2) is 4.61. The van der Waals surface area contributed by atoms with Gasteiger partial charge in [-0.2, -0.15) is 10.4 Å². The van der Waals surface area contributed by atoms with Gasteiger partial charge in [-0.3, -0.25) is 0 Å². The summed E-state index contributed by atoms with van der Waals surface area (Å²) < 4.78 is 1.46.